The molecule has 4 nitrogen and oxygen atoms in total. The molecule has 0 radical (unpaired) electrons. The summed E-state index contributed by atoms with van der Waals surface area (Å²) in [7, 11) is -3.54. The zero-order chi connectivity index (χ0) is 14.8. The summed E-state index contributed by atoms with van der Waals surface area (Å²) in [6.45, 7) is 3.92. The van der Waals surface area contributed by atoms with Crippen molar-refractivity contribution < 1.29 is 8.42 Å². The zero-order valence-corrected chi connectivity index (χ0v) is 13.6. The molecule has 0 spiro atoms. The molecule has 1 aromatic rings. The average molecular weight is 337 g/mol. The molecule has 1 heterocycles. The molecule has 1 unspecified atom stereocenters. The van der Waals surface area contributed by atoms with Crippen molar-refractivity contribution in [2.24, 2.45) is 0 Å². The number of nitrogens with zero attached hydrogens (tertiary/aromatic N) is 1. The van der Waals surface area contributed by atoms with Crippen molar-refractivity contribution in [2.45, 2.75) is 30.7 Å². The van der Waals surface area contributed by atoms with E-state index >= 15 is 0 Å². The smallest absolute Gasteiger partial charge is 0.243 e. The molecule has 0 amide bonds. The Morgan fingerprint density at radius 3 is 2.65 bits per heavy atom. The lowest BCUT2D eigenvalue weighted by Gasteiger charge is -2.33. The molecular formula is C13H18Cl2N2O2S. The van der Waals surface area contributed by atoms with Gasteiger partial charge in [-0.1, -0.05) is 30.1 Å². The highest BCUT2D eigenvalue weighted by molar-refractivity contribution is 7.89. The van der Waals surface area contributed by atoms with Crippen LogP contribution in [0.25, 0.3) is 0 Å². The second kappa shape index (κ2) is 6.62. The van der Waals surface area contributed by atoms with E-state index in [0.29, 0.717) is 18.1 Å². The zero-order valence-electron chi connectivity index (χ0n) is 11.3. The van der Waals surface area contributed by atoms with Crippen LogP contribution in [0.5, 0.6) is 0 Å². The number of halogens is 2. The molecular weight excluding hydrogens is 319 g/mol. The van der Waals surface area contributed by atoms with Gasteiger partial charge < -0.3 is 5.32 Å². The maximum atomic E-state index is 12.7. The van der Waals surface area contributed by atoms with Crippen LogP contribution in [-0.4, -0.2) is 38.4 Å². The second-order valence-electron chi connectivity index (χ2n) is 4.78. The van der Waals surface area contributed by atoms with E-state index in [1.54, 1.807) is 4.31 Å². The van der Waals surface area contributed by atoms with E-state index in [9.17, 15) is 8.42 Å². The number of hydrogen-bond donors (Lipinski definition) is 1. The van der Waals surface area contributed by atoms with Crippen LogP contribution in [0.3, 0.4) is 0 Å². The maximum Gasteiger partial charge on any atom is 0.243 e. The van der Waals surface area contributed by atoms with Gasteiger partial charge in [0, 0.05) is 19.1 Å². The van der Waals surface area contributed by atoms with Crippen molar-refractivity contribution in [3.05, 3.63) is 28.2 Å². The number of likely N-dealkylation sites (N-methyl/N-ethyl adjacent to an activating group) is 1. The number of hydrogen-bond acceptors (Lipinski definition) is 3. The van der Waals surface area contributed by atoms with Gasteiger partial charge in [0.05, 0.1) is 14.9 Å². The molecule has 112 valence electrons. The first-order chi connectivity index (χ1) is 9.46. The predicted molar refractivity (Wildman–Crippen MR) is 81.9 cm³/mol. The van der Waals surface area contributed by atoms with Gasteiger partial charge in [0.15, 0.2) is 0 Å². The van der Waals surface area contributed by atoms with Gasteiger partial charge in [-0.3, -0.25) is 0 Å². The van der Waals surface area contributed by atoms with Crippen LogP contribution in [0.1, 0.15) is 19.8 Å². The Hall–Kier alpha value is -0.330. The van der Waals surface area contributed by atoms with Gasteiger partial charge in [-0.2, -0.15) is 4.31 Å². The Morgan fingerprint density at radius 1 is 1.35 bits per heavy atom. The summed E-state index contributed by atoms with van der Waals surface area (Å²) in [6.07, 6.45) is 1.86. The standard InChI is InChI=1S/C13H18Cl2N2O2S/c1-2-17(10-4-3-7-16-9-10)20(18,19)11-5-6-12(14)13(15)8-11/h5-6,8,10,16H,2-4,7,9H2,1H3. The molecule has 0 aromatic heterocycles. The highest BCUT2D eigenvalue weighted by atomic mass is 35.5. The summed E-state index contributed by atoms with van der Waals surface area (Å²) in [5.41, 5.74) is 0. The fourth-order valence-corrected chi connectivity index (χ4v) is 4.53. The van der Waals surface area contributed by atoms with Gasteiger partial charge in [0.2, 0.25) is 10.0 Å². The van der Waals surface area contributed by atoms with E-state index in [4.69, 9.17) is 23.2 Å². The highest BCUT2D eigenvalue weighted by Crippen LogP contribution is 2.28. The average Bonchev–Trinajstić information content (AvgIpc) is 2.43. The molecule has 1 aliphatic rings. The summed E-state index contributed by atoms with van der Waals surface area (Å²) < 4.78 is 27.0. The molecule has 1 saturated heterocycles. The van der Waals surface area contributed by atoms with Crippen LogP contribution in [0, 0.1) is 0 Å². The van der Waals surface area contributed by atoms with Crippen molar-refractivity contribution >= 4 is 33.2 Å². The first-order valence-corrected chi connectivity index (χ1v) is 8.84. The molecule has 2 rings (SSSR count). The van der Waals surface area contributed by atoms with Crippen LogP contribution < -0.4 is 5.32 Å². The van der Waals surface area contributed by atoms with E-state index in [1.165, 1.54) is 18.2 Å². The molecule has 0 aliphatic carbocycles. The Labute approximate surface area is 130 Å². The molecule has 20 heavy (non-hydrogen) atoms. The third-order valence-corrected chi connectivity index (χ3v) is 6.25. The lowest BCUT2D eigenvalue weighted by atomic mass is 10.1. The van der Waals surface area contributed by atoms with Crippen molar-refractivity contribution in [1.82, 2.24) is 9.62 Å². The Bertz CT molecular complexity index is 572. The van der Waals surface area contributed by atoms with E-state index in [2.05, 4.69) is 5.32 Å². The quantitative estimate of drug-likeness (QED) is 0.919. The van der Waals surface area contributed by atoms with Gasteiger partial charge in [-0.05, 0) is 37.6 Å². The van der Waals surface area contributed by atoms with Crippen molar-refractivity contribution in [3.63, 3.8) is 0 Å². The third-order valence-electron chi connectivity index (χ3n) is 3.49. The highest BCUT2D eigenvalue weighted by Gasteiger charge is 2.31. The van der Waals surface area contributed by atoms with Gasteiger partial charge in [-0.25, -0.2) is 8.42 Å². The first kappa shape index (κ1) is 16.0. The topological polar surface area (TPSA) is 49.4 Å². The minimum absolute atomic E-state index is 0.00629. The summed E-state index contributed by atoms with van der Waals surface area (Å²) in [5.74, 6) is 0. The predicted octanol–water partition coefficient (Wildman–Crippen LogP) is 2.76. The van der Waals surface area contributed by atoms with E-state index in [0.717, 1.165) is 19.4 Å². The number of rotatable bonds is 4. The lowest BCUT2D eigenvalue weighted by molar-refractivity contribution is 0.274. The molecule has 7 heteroatoms. The molecule has 1 fully saturated rings. The van der Waals surface area contributed by atoms with Crippen LogP contribution >= 0.6 is 23.2 Å². The molecule has 1 N–H and O–H groups in total. The lowest BCUT2D eigenvalue weighted by Crippen LogP contribution is -2.48. The summed E-state index contributed by atoms with van der Waals surface area (Å²) >= 11 is 11.8. The van der Waals surface area contributed by atoms with E-state index in [-0.39, 0.29) is 16.0 Å². The number of nitrogens with one attached hydrogen (secondary N) is 1. The third kappa shape index (κ3) is 3.28. The fraction of sp³-hybridized carbons (Fsp3) is 0.538. The molecule has 1 aliphatic heterocycles. The fourth-order valence-electron chi connectivity index (χ4n) is 2.48. The van der Waals surface area contributed by atoms with Crippen LogP contribution in [-0.2, 0) is 10.0 Å². The molecule has 0 bridgehead atoms. The molecule has 1 atom stereocenters. The Morgan fingerprint density at radius 2 is 2.10 bits per heavy atom. The van der Waals surface area contributed by atoms with Gasteiger partial charge in [0.25, 0.3) is 0 Å². The summed E-state index contributed by atoms with van der Waals surface area (Å²) in [5, 5.41) is 3.85. The minimum atomic E-state index is -3.54. The van der Waals surface area contributed by atoms with Crippen LogP contribution in [0.4, 0.5) is 0 Å². The first-order valence-electron chi connectivity index (χ1n) is 6.64. The number of piperidine rings is 1. The largest absolute Gasteiger partial charge is 0.315 e. The van der Waals surface area contributed by atoms with Crippen molar-refractivity contribution in [3.8, 4) is 0 Å². The van der Waals surface area contributed by atoms with E-state index < -0.39 is 10.0 Å². The van der Waals surface area contributed by atoms with Crippen molar-refractivity contribution in [2.75, 3.05) is 19.6 Å². The maximum absolute atomic E-state index is 12.7. The SMILES string of the molecule is CCN(C1CCCNC1)S(=O)(=O)c1ccc(Cl)c(Cl)c1. The van der Waals surface area contributed by atoms with Gasteiger partial charge in [-0.15, -0.1) is 0 Å². The van der Waals surface area contributed by atoms with Crippen molar-refractivity contribution in [1.29, 1.82) is 0 Å². The summed E-state index contributed by atoms with van der Waals surface area (Å²) in [4.78, 5) is 0.194. The van der Waals surface area contributed by atoms with Crippen LogP contribution in [0.2, 0.25) is 10.0 Å². The normalized spacial score (nSPS) is 20.3. The van der Waals surface area contributed by atoms with Gasteiger partial charge in [0.1, 0.15) is 0 Å². The molecule has 0 saturated carbocycles. The second-order valence-corrected chi connectivity index (χ2v) is 7.49. The minimum Gasteiger partial charge on any atom is -0.315 e. The number of benzene rings is 1. The monoisotopic (exact) mass is 336 g/mol. The van der Waals surface area contributed by atoms with Crippen LogP contribution in [0.15, 0.2) is 23.1 Å². The summed E-state index contributed by atoms with van der Waals surface area (Å²) in [6, 6.07) is 4.43. The van der Waals surface area contributed by atoms with E-state index in [1.807, 2.05) is 6.92 Å². The number of sulfonamides is 1. The van der Waals surface area contributed by atoms with Gasteiger partial charge >= 0.3 is 0 Å². The Kier molecular flexibility index (Phi) is 5.31. The Balaban J connectivity index is 2.32. The molecule has 1 aromatic carbocycles.